The second-order valence-electron chi connectivity index (χ2n) is 5.56. The Morgan fingerprint density at radius 2 is 1.96 bits per heavy atom. The van der Waals surface area contributed by atoms with E-state index in [2.05, 4.69) is 4.98 Å². The average molecular weight is 322 g/mol. The van der Waals surface area contributed by atoms with Gasteiger partial charge in [-0.15, -0.1) is 0 Å². The molecule has 24 heavy (non-hydrogen) atoms. The van der Waals surface area contributed by atoms with Crippen molar-refractivity contribution in [1.29, 1.82) is 0 Å². The highest BCUT2D eigenvalue weighted by Gasteiger charge is 2.20. The highest BCUT2D eigenvalue weighted by atomic mass is 19.1. The first kappa shape index (κ1) is 15.8. The lowest BCUT2D eigenvalue weighted by Gasteiger charge is -2.15. The summed E-state index contributed by atoms with van der Waals surface area (Å²) in [5.74, 6) is -1.70. The van der Waals surface area contributed by atoms with Gasteiger partial charge in [-0.05, 0) is 41.8 Å². The third-order valence-corrected chi connectivity index (χ3v) is 3.90. The monoisotopic (exact) mass is 322 g/mol. The molecule has 0 bridgehead atoms. The highest BCUT2D eigenvalue weighted by Crippen LogP contribution is 2.25. The number of amides is 1. The molecule has 1 heterocycles. The van der Waals surface area contributed by atoms with E-state index in [1.807, 2.05) is 18.2 Å². The van der Waals surface area contributed by atoms with E-state index < -0.39 is 11.8 Å². The molecule has 0 spiro atoms. The smallest absolute Gasteiger partial charge is 0.267 e. The van der Waals surface area contributed by atoms with Crippen molar-refractivity contribution in [2.75, 3.05) is 0 Å². The Hall–Kier alpha value is -3.08. The molecule has 0 aliphatic carbocycles. The first-order chi connectivity index (χ1) is 11.6. The summed E-state index contributed by atoms with van der Waals surface area (Å²) in [6, 6.07) is 15.1. The molecule has 3 rings (SSSR count). The minimum atomic E-state index is -0.693. The highest BCUT2D eigenvalue weighted by molar-refractivity contribution is 5.96. The van der Waals surface area contributed by atoms with Crippen LogP contribution in [-0.4, -0.2) is 17.2 Å². The molecule has 0 fully saturated rings. The summed E-state index contributed by atoms with van der Waals surface area (Å²) in [5, 5.41) is 0.809. The van der Waals surface area contributed by atoms with Gasteiger partial charge >= 0.3 is 0 Å². The van der Waals surface area contributed by atoms with Crippen LogP contribution in [0.2, 0.25) is 0 Å². The van der Waals surface area contributed by atoms with Crippen molar-refractivity contribution < 1.29 is 14.0 Å². The summed E-state index contributed by atoms with van der Waals surface area (Å²) >= 11 is 0. The van der Waals surface area contributed by atoms with Crippen LogP contribution in [-0.2, 0) is 11.2 Å². The van der Waals surface area contributed by atoms with Crippen molar-refractivity contribution in [2.45, 2.75) is 12.3 Å². The fourth-order valence-corrected chi connectivity index (χ4v) is 2.76. The minimum Gasteiger partial charge on any atom is -0.364 e. The lowest BCUT2D eigenvalue weighted by Crippen LogP contribution is -2.19. The van der Waals surface area contributed by atoms with Gasteiger partial charge in [-0.2, -0.15) is 0 Å². The SMILES string of the molecule is NC(=O)c1nc2ccccc2cc1C(C=O)Cc1cccc(F)c1. The third kappa shape index (κ3) is 3.15. The van der Waals surface area contributed by atoms with Crippen molar-refractivity contribution >= 4 is 23.1 Å². The molecule has 2 N–H and O–H groups in total. The zero-order valence-electron chi connectivity index (χ0n) is 12.8. The van der Waals surface area contributed by atoms with E-state index in [4.69, 9.17) is 5.73 Å². The Balaban J connectivity index is 2.08. The van der Waals surface area contributed by atoms with E-state index in [1.165, 1.54) is 12.1 Å². The maximum Gasteiger partial charge on any atom is 0.267 e. The van der Waals surface area contributed by atoms with Gasteiger partial charge in [0, 0.05) is 11.3 Å². The number of aromatic nitrogens is 1. The summed E-state index contributed by atoms with van der Waals surface area (Å²) in [6.07, 6.45) is 1.00. The number of benzene rings is 2. The predicted molar refractivity (Wildman–Crippen MR) is 89.2 cm³/mol. The zero-order valence-corrected chi connectivity index (χ0v) is 12.8. The lowest BCUT2D eigenvalue weighted by molar-refractivity contribution is -0.109. The summed E-state index contributed by atoms with van der Waals surface area (Å²) < 4.78 is 13.4. The van der Waals surface area contributed by atoms with Crippen LogP contribution in [0.1, 0.15) is 27.5 Å². The number of pyridine rings is 1. The standard InChI is InChI=1S/C19H15FN2O2/c20-15-6-3-4-12(9-15)8-14(11-23)16-10-13-5-1-2-7-17(13)22-18(16)19(21)24/h1-7,9-11,14H,8H2,(H2,21,24). The average Bonchev–Trinajstić information content (AvgIpc) is 2.58. The fraction of sp³-hybridized carbons (Fsp3) is 0.105. The van der Waals surface area contributed by atoms with Crippen molar-refractivity contribution in [1.82, 2.24) is 4.98 Å². The number of nitrogens with zero attached hydrogens (tertiary/aromatic N) is 1. The third-order valence-electron chi connectivity index (χ3n) is 3.90. The van der Waals surface area contributed by atoms with E-state index in [-0.39, 0.29) is 17.9 Å². The first-order valence-electron chi connectivity index (χ1n) is 7.47. The second kappa shape index (κ2) is 6.58. The lowest BCUT2D eigenvalue weighted by atomic mass is 9.90. The second-order valence-corrected chi connectivity index (χ2v) is 5.56. The maximum atomic E-state index is 13.4. The van der Waals surface area contributed by atoms with Crippen LogP contribution in [0, 0.1) is 5.82 Å². The summed E-state index contributed by atoms with van der Waals surface area (Å²) in [5.41, 5.74) is 7.26. The number of para-hydroxylation sites is 1. The van der Waals surface area contributed by atoms with E-state index in [9.17, 15) is 14.0 Å². The number of hydrogen-bond acceptors (Lipinski definition) is 3. The number of primary amides is 1. The van der Waals surface area contributed by atoms with Gasteiger partial charge in [-0.1, -0.05) is 30.3 Å². The molecule has 0 saturated carbocycles. The van der Waals surface area contributed by atoms with Crippen LogP contribution in [0.3, 0.4) is 0 Å². The molecule has 120 valence electrons. The predicted octanol–water partition coefficient (Wildman–Crippen LogP) is 3.00. The summed E-state index contributed by atoms with van der Waals surface area (Å²) in [4.78, 5) is 27.7. The van der Waals surface area contributed by atoms with Crippen LogP contribution < -0.4 is 5.73 Å². The Morgan fingerprint density at radius 1 is 1.17 bits per heavy atom. The molecule has 1 aromatic heterocycles. The summed E-state index contributed by atoms with van der Waals surface area (Å²) in [7, 11) is 0. The van der Waals surface area contributed by atoms with Gasteiger partial charge in [0.15, 0.2) is 0 Å². The van der Waals surface area contributed by atoms with Crippen LogP contribution in [0.25, 0.3) is 10.9 Å². The minimum absolute atomic E-state index is 0.0715. The molecular weight excluding hydrogens is 307 g/mol. The normalized spacial score (nSPS) is 12.0. The zero-order chi connectivity index (χ0) is 17.1. The molecule has 3 aromatic rings. The first-order valence-corrected chi connectivity index (χ1v) is 7.47. The van der Waals surface area contributed by atoms with Crippen molar-refractivity contribution in [3.8, 4) is 0 Å². The number of carbonyl (C=O) groups excluding carboxylic acids is 2. The largest absolute Gasteiger partial charge is 0.364 e. The van der Waals surface area contributed by atoms with Crippen LogP contribution in [0.4, 0.5) is 4.39 Å². The molecule has 1 amide bonds. The molecule has 5 heteroatoms. The van der Waals surface area contributed by atoms with Gasteiger partial charge in [0.05, 0.1) is 5.52 Å². The van der Waals surface area contributed by atoms with Gasteiger partial charge < -0.3 is 10.5 Å². The van der Waals surface area contributed by atoms with Gasteiger partial charge in [0.2, 0.25) is 0 Å². The molecule has 0 aliphatic rings. The van der Waals surface area contributed by atoms with E-state index in [1.54, 1.807) is 24.3 Å². The number of carbonyl (C=O) groups is 2. The number of hydrogen-bond donors (Lipinski definition) is 1. The molecule has 4 nitrogen and oxygen atoms in total. The molecule has 0 radical (unpaired) electrons. The molecule has 0 saturated heterocycles. The Labute approximate surface area is 138 Å². The van der Waals surface area contributed by atoms with Gasteiger partial charge in [-0.3, -0.25) is 4.79 Å². The van der Waals surface area contributed by atoms with E-state index in [0.717, 1.165) is 11.7 Å². The van der Waals surface area contributed by atoms with Crippen LogP contribution in [0.5, 0.6) is 0 Å². The van der Waals surface area contributed by atoms with Crippen molar-refractivity contribution in [2.24, 2.45) is 5.73 Å². The number of halogens is 1. The number of fused-ring (bicyclic) bond motifs is 1. The van der Waals surface area contributed by atoms with Gasteiger partial charge in [0.25, 0.3) is 5.91 Å². The molecule has 2 aromatic carbocycles. The molecular formula is C19H15FN2O2. The molecule has 1 unspecified atom stereocenters. The van der Waals surface area contributed by atoms with Gasteiger partial charge in [0.1, 0.15) is 17.8 Å². The van der Waals surface area contributed by atoms with Crippen LogP contribution in [0.15, 0.2) is 54.6 Å². The summed E-state index contributed by atoms with van der Waals surface area (Å²) in [6.45, 7) is 0. The van der Waals surface area contributed by atoms with E-state index in [0.29, 0.717) is 16.6 Å². The van der Waals surface area contributed by atoms with Crippen molar-refractivity contribution in [3.63, 3.8) is 0 Å². The fourth-order valence-electron chi connectivity index (χ4n) is 2.76. The van der Waals surface area contributed by atoms with E-state index >= 15 is 0 Å². The number of rotatable bonds is 5. The molecule has 1 atom stereocenters. The quantitative estimate of drug-likeness (QED) is 0.734. The van der Waals surface area contributed by atoms with Crippen LogP contribution >= 0.6 is 0 Å². The Bertz CT molecular complexity index is 924. The van der Waals surface area contributed by atoms with Crippen molar-refractivity contribution in [3.05, 3.63) is 77.2 Å². The Morgan fingerprint density at radius 3 is 2.67 bits per heavy atom. The molecule has 0 aliphatic heterocycles. The van der Waals surface area contributed by atoms with Gasteiger partial charge in [-0.25, -0.2) is 9.37 Å². The maximum absolute atomic E-state index is 13.4. The number of nitrogens with two attached hydrogens (primary N) is 1. The topological polar surface area (TPSA) is 73.1 Å². The number of aldehydes is 1. The Kier molecular flexibility index (Phi) is 4.33.